The lowest BCUT2D eigenvalue weighted by Crippen LogP contribution is -2.30. The zero-order chi connectivity index (χ0) is 12.4. The molecule has 1 unspecified atom stereocenters. The molecule has 0 heterocycles. The summed E-state index contributed by atoms with van der Waals surface area (Å²) in [7, 11) is 0. The Morgan fingerprint density at radius 3 is 2.38 bits per heavy atom. The molecule has 0 aromatic heterocycles. The van der Waals surface area contributed by atoms with Crippen LogP contribution in [-0.4, -0.2) is 32.0 Å². The third-order valence-corrected chi connectivity index (χ3v) is 2.32. The van der Waals surface area contributed by atoms with Gasteiger partial charge in [0.15, 0.2) is 0 Å². The summed E-state index contributed by atoms with van der Waals surface area (Å²) in [6, 6.07) is 0.138. The van der Waals surface area contributed by atoms with Gasteiger partial charge in [-0.3, -0.25) is 0 Å². The SMILES string of the molecule is CCNC(CCCC(F)(F)F)CCOCC. The molecule has 0 aliphatic rings. The summed E-state index contributed by atoms with van der Waals surface area (Å²) in [5.41, 5.74) is 0. The monoisotopic (exact) mass is 241 g/mol. The topological polar surface area (TPSA) is 21.3 Å². The van der Waals surface area contributed by atoms with Gasteiger partial charge in [0.2, 0.25) is 0 Å². The van der Waals surface area contributed by atoms with Crippen LogP contribution in [0, 0.1) is 0 Å². The van der Waals surface area contributed by atoms with E-state index >= 15 is 0 Å². The molecule has 0 bridgehead atoms. The van der Waals surface area contributed by atoms with Crippen molar-refractivity contribution in [1.82, 2.24) is 5.32 Å². The maximum absolute atomic E-state index is 12.0. The van der Waals surface area contributed by atoms with Crippen LogP contribution in [0.1, 0.15) is 39.5 Å². The summed E-state index contributed by atoms with van der Waals surface area (Å²) in [5, 5.41) is 3.18. The van der Waals surface area contributed by atoms with Crippen LogP contribution in [0.2, 0.25) is 0 Å². The van der Waals surface area contributed by atoms with Crippen LogP contribution in [0.4, 0.5) is 13.2 Å². The van der Waals surface area contributed by atoms with Gasteiger partial charge in [0.25, 0.3) is 0 Å². The molecular weight excluding hydrogens is 219 g/mol. The fourth-order valence-electron chi connectivity index (χ4n) is 1.56. The Labute approximate surface area is 95.5 Å². The number of hydrogen-bond donors (Lipinski definition) is 1. The maximum Gasteiger partial charge on any atom is 0.389 e. The van der Waals surface area contributed by atoms with Gasteiger partial charge in [0.1, 0.15) is 0 Å². The van der Waals surface area contributed by atoms with Gasteiger partial charge in [-0.15, -0.1) is 0 Å². The highest BCUT2D eigenvalue weighted by molar-refractivity contribution is 4.67. The van der Waals surface area contributed by atoms with Crippen molar-refractivity contribution in [2.45, 2.75) is 51.7 Å². The van der Waals surface area contributed by atoms with E-state index in [1.165, 1.54) is 0 Å². The molecule has 1 atom stereocenters. The largest absolute Gasteiger partial charge is 0.389 e. The average Bonchev–Trinajstić information content (AvgIpc) is 2.16. The van der Waals surface area contributed by atoms with Crippen LogP contribution < -0.4 is 5.32 Å². The molecule has 2 nitrogen and oxygen atoms in total. The normalized spacial score (nSPS) is 14.1. The minimum atomic E-state index is -4.03. The molecule has 0 aliphatic carbocycles. The van der Waals surface area contributed by atoms with E-state index in [0.717, 1.165) is 13.0 Å². The minimum absolute atomic E-state index is 0.138. The van der Waals surface area contributed by atoms with E-state index in [4.69, 9.17) is 4.74 Å². The quantitative estimate of drug-likeness (QED) is 0.626. The van der Waals surface area contributed by atoms with Crippen LogP contribution in [0.15, 0.2) is 0 Å². The van der Waals surface area contributed by atoms with Gasteiger partial charge in [-0.25, -0.2) is 0 Å². The minimum Gasteiger partial charge on any atom is -0.382 e. The van der Waals surface area contributed by atoms with Gasteiger partial charge in [-0.2, -0.15) is 13.2 Å². The highest BCUT2D eigenvalue weighted by Crippen LogP contribution is 2.23. The molecule has 16 heavy (non-hydrogen) atoms. The average molecular weight is 241 g/mol. The van der Waals surface area contributed by atoms with Crippen LogP contribution >= 0.6 is 0 Å². The summed E-state index contributed by atoms with van der Waals surface area (Å²) in [6.07, 6.45) is -3.20. The summed E-state index contributed by atoms with van der Waals surface area (Å²) in [4.78, 5) is 0. The van der Waals surface area contributed by atoms with Gasteiger partial charge in [-0.05, 0) is 32.7 Å². The standard InChI is InChI=1S/C11H22F3NO/c1-3-15-10(7-9-16-4-2)6-5-8-11(12,13)14/h10,15H,3-9H2,1-2H3. The van der Waals surface area contributed by atoms with E-state index in [-0.39, 0.29) is 12.5 Å². The predicted molar refractivity (Wildman–Crippen MR) is 58.5 cm³/mol. The summed E-state index contributed by atoms with van der Waals surface area (Å²) in [6.45, 7) is 5.91. The van der Waals surface area contributed by atoms with Crippen molar-refractivity contribution in [3.63, 3.8) is 0 Å². The summed E-state index contributed by atoms with van der Waals surface area (Å²) in [5.74, 6) is 0. The third kappa shape index (κ3) is 10.2. The smallest absolute Gasteiger partial charge is 0.382 e. The van der Waals surface area contributed by atoms with E-state index < -0.39 is 12.6 Å². The molecule has 0 aliphatic heterocycles. The Balaban J connectivity index is 3.67. The van der Waals surface area contributed by atoms with Crippen LogP contribution in [0.5, 0.6) is 0 Å². The lowest BCUT2D eigenvalue weighted by Gasteiger charge is -2.18. The summed E-state index contributed by atoms with van der Waals surface area (Å²) < 4.78 is 41.1. The van der Waals surface area contributed by atoms with E-state index in [0.29, 0.717) is 19.6 Å². The number of nitrogens with one attached hydrogen (secondary N) is 1. The second-order valence-corrected chi connectivity index (χ2v) is 3.75. The molecule has 0 amide bonds. The molecule has 0 radical (unpaired) electrons. The second-order valence-electron chi connectivity index (χ2n) is 3.75. The Morgan fingerprint density at radius 2 is 1.88 bits per heavy atom. The van der Waals surface area contributed by atoms with Gasteiger partial charge in [0, 0.05) is 25.7 Å². The van der Waals surface area contributed by atoms with Crippen molar-refractivity contribution >= 4 is 0 Å². The molecule has 98 valence electrons. The van der Waals surface area contributed by atoms with Crippen LogP contribution in [-0.2, 0) is 4.74 Å². The number of hydrogen-bond acceptors (Lipinski definition) is 2. The van der Waals surface area contributed by atoms with Crippen LogP contribution in [0.25, 0.3) is 0 Å². The molecule has 0 saturated carbocycles. The molecule has 0 spiro atoms. The van der Waals surface area contributed by atoms with E-state index in [9.17, 15) is 13.2 Å². The Bertz CT molecular complexity index is 162. The molecule has 0 rings (SSSR count). The van der Waals surface area contributed by atoms with Gasteiger partial charge in [0.05, 0.1) is 0 Å². The molecule has 0 saturated heterocycles. The first kappa shape index (κ1) is 15.7. The van der Waals surface area contributed by atoms with E-state index in [2.05, 4.69) is 5.32 Å². The first-order valence-corrected chi connectivity index (χ1v) is 5.87. The molecule has 5 heteroatoms. The molecule has 0 aromatic carbocycles. The van der Waals surface area contributed by atoms with Crippen molar-refractivity contribution in [3.8, 4) is 0 Å². The zero-order valence-electron chi connectivity index (χ0n) is 10.1. The van der Waals surface area contributed by atoms with Crippen molar-refractivity contribution in [2.24, 2.45) is 0 Å². The van der Waals surface area contributed by atoms with Crippen LogP contribution in [0.3, 0.4) is 0 Å². The van der Waals surface area contributed by atoms with E-state index in [1.807, 2.05) is 13.8 Å². The summed E-state index contributed by atoms with van der Waals surface area (Å²) >= 11 is 0. The molecule has 0 aromatic rings. The first-order chi connectivity index (χ1) is 7.49. The van der Waals surface area contributed by atoms with Gasteiger partial charge in [-0.1, -0.05) is 6.92 Å². The lowest BCUT2D eigenvalue weighted by atomic mass is 10.1. The fourth-order valence-corrected chi connectivity index (χ4v) is 1.56. The number of rotatable bonds is 9. The molecule has 0 fully saturated rings. The number of ether oxygens (including phenoxy) is 1. The number of halogens is 3. The third-order valence-electron chi connectivity index (χ3n) is 2.32. The zero-order valence-corrected chi connectivity index (χ0v) is 10.1. The number of alkyl halides is 3. The molecular formula is C11H22F3NO. The fraction of sp³-hybridized carbons (Fsp3) is 1.00. The van der Waals surface area contributed by atoms with Gasteiger partial charge >= 0.3 is 6.18 Å². The molecule has 1 N–H and O–H groups in total. The first-order valence-electron chi connectivity index (χ1n) is 5.87. The van der Waals surface area contributed by atoms with Crippen molar-refractivity contribution in [2.75, 3.05) is 19.8 Å². The predicted octanol–water partition coefficient (Wildman–Crippen LogP) is 3.12. The highest BCUT2D eigenvalue weighted by atomic mass is 19.4. The Kier molecular flexibility index (Phi) is 8.66. The van der Waals surface area contributed by atoms with Crippen molar-refractivity contribution in [1.29, 1.82) is 0 Å². The highest BCUT2D eigenvalue weighted by Gasteiger charge is 2.26. The Hall–Kier alpha value is -0.290. The maximum atomic E-state index is 12.0. The van der Waals surface area contributed by atoms with Crippen molar-refractivity contribution in [3.05, 3.63) is 0 Å². The van der Waals surface area contributed by atoms with Gasteiger partial charge < -0.3 is 10.1 Å². The second kappa shape index (κ2) is 8.82. The Morgan fingerprint density at radius 1 is 1.19 bits per heavy atom. The lowest BCUT2D eigenvalue weighted by molar-refractivity contribution is -0.135. The van der Waals surface area contributed by atoms with Crippen molar-refractivity contribution < 1.29 is 17.9 Å². The van der Waals surface area contributed by atoms with E-state index in [1.54, 1.807) is 0 Å².